The van der Waals surface area contributed by atoms with Crippen molar-refractivity contribution < 1.29 is 9.59 Å². The molecule has 0 fully saturated rings. The number of amides is 2. The van der Waals surface area contributed by atoms with E-state index >= 15 is 0 Å². The molecular formula is C25H29NO2S. The molecule has 0 bridgehead atoms. The number of anilines is 1. The molecule has 2 amide bonds. The average Bonchev–Trinajstić information content (AvgIpc) is 2.90. The van der Waals surface area contributed by atoms with Gasteiger partial charge in [-0.3, -0.25) is 9.59 Å². The van der Waals surface area contributed by atoms with Crippen LogP contribution in [0.2, 0.25) is 0 Å². The average molecular weight is 408 g/mol. The smallest absolute Gasteiger partial charge is 0.268 e. The summed E-state index contributed by atoms with van der Waals surface area (Å²) in [7, 11) is 0. The molecule has 0 unspecified atom stereocenters. The van der Waals surface area contributed by atoms with Crippen LogP contribution in [-0.4, -0.2) is 17.1 Å². The first-order valence-corrected chi connectivity index (χ1v) is 11.2. The van der Waals surface area contributed by atoms with Crippen molar-refractivity contribution in [2.75, 3.05) is 4.90 Å². The summed E-state index contributed by atoms with van der Waals surface area (Å²) in [6.45, 7) is 10.3. The number of unbranched alkanes of at least 4 members (excludes halogenated alkanes) is 1. The Morgan fingerprint density at radius 1 is 0.966 bits per heavy atom. The molecule has 1 aliphatic heterocycles. The lowest BCUT2D eigenvalue weighted by Crippen LogP contribution is -2.31. The maximum Gasteiger partial charge on any atom is 0.272 e. The van der Waals surface area contributed by atoms with E-state index in [1.165, 1.54) is 22.2 Å². The number of benzene rings is 2. The quantitative estimate of drug-likeness (QED) is 0.523. The Labute approximate surface area is 178 Å². The third-order valence-electron chi connectivity index (χ3n) is 5.06. The van der Waals surface area contributed by atoms with Crippen molar-refractivity contribution in [2.24, 2.45) is 0 Å². The van der Waals surface area contributed by atoms with Crippen LogP contribution in [-0.2, 0) is 16.0 Å². The SMILES string of the molecule is CCCCc1ccc(N2C(=O)C(SC(C)C)=C(c3ccc(C)cc3C)C2=O)cc1. The minimum Gasteiger partial charge on any atom is -0.268 e. The highest BCUT2D eigenvalue weighted by Gasteiger charge is 2.40. The van der Waals surface area contributed by atoms with E-state index in [1.54, 1.807) is 0 Å². The van der Waals surface area contributed by atoms with Gasteiger partial charge >= 0.3 is 0 Å². The summed E-state index contributed by atoms with van der Waals surface area (Å²) in [6.07, 6.45) is 3.29. The highest BCUT2D eigenvalue weighted by molar-refractivity contribution is 8.04. The Bertz CT molecular complexity index is 957. The van der Waals surface area contributed by atoms with Gasteiger partial charge in [-0.1, -0.05) is 63.1 Å². The summed E-state index contributed by atoms with van der Waals surface area (Å²) in [6, 6.07) is 13.8. The van der Waals surface area contributed by atoms with E-state index in [1.807, 2.05) is 64.1 Å². The lowest BCUT2D eigenvalue weighted by Gasteiger charge is -2.16. The van der Waals surface area contributed by atoms with Gasteiger partial charge in [0.05, 0.1) is 16.2 Å². The highest BCUT2D eigenvalue weighted by atomic mass is 32.2. The number of thioether (sulfide) groups is 1. The second kappa shape index (κ2) is 9.00. The van der Waals surface area contributed by atoms with Crippen molar-refractivity contribution in [1.82, 2.24) is 0 Å². The van der Waals surface area contributed by atoms with Crippen LogP contribution < -0.4 is 4.90 Å². The van der Waals surface area contributed by atoms with Crippen LogP contribution >= 0.6 is 11.8 Å². The minimum atomic E-state index is -0.230. The molecular weight excluding hydrogens is 378 g/mol. The van der Waals surface area contributed by atoms with Gasteiger partial charge in [0.25, 0.3) is 11.8 Å². The molecule has 2 aromatic rings. The number of carbonyl (C=O) groups excluding carboxylic acids is 2. The molecule has 4 heteroatoms. The molecule has 0 atom stereocenters. The Hall–Kier alpha value is -2.33. The summed E-state index contributed by atoms with van der Waals surface area (Å²) in [5, 5.41) is 0.207. The van der Waals surface area contributed by atoms with Crippen LogP contribution in [0.3, 0.4) is 0 Å². The molecule has 1 aliphatic rings. The van der Waals surface area contributed by atoms with E-state index < -0.39 is 0 Å². The Morgan fingerprint density at radius 2 is 1.66 bits per heavy atom. The first-order valence-electron chi connectivity index (χ1n) is 10.3. The van der Waals surface area contributed by atoms with E-state index in [9.17, 15) is 9.59 Å². The van der Waals surface area contributed by atoms with Gasteiger partial charge in [-0.05, 0) is 55.5 Å². The van der Waals surface area contributed by atoms with Gasteiger partial charge < -0.3 is 0 Å². The van der Waals surface area contributed by atoms with Crippen molar-refractivity contribution in [2.45, 2.75) is 59.1 Å². The van der Waals surface area contributed by atoms with Crippen LogP contribution in [0.1, 0.15) is 55.9 Å². The van der Waals surface area contributed by atoms with E-state index in [4.69, 9.17) is 0 Å². The fraction of sp³-hybridized carbons (Fsp3) is 0.360. The van der Waals surface area contributed by atoms with Crippen molar-refractivity contribution in [3.8, 4) is 0 Å². The molecule has 0 saturated heterocycles. The maximum atomic E-state index is 13.4. The molecule has 0 N–H and O–H groups in total. The van der Waals surface area contributed by atoms with Gasteiger partial charge in [-0.15, -0.1) is 11.8 Å². The zero-order valence-electron chi connectivity index (χ0n) is 17.9. The summed E-state index contributed by atoms with van der Waals surface area (Å²) >= 11 is 1.47. The van der Waals surface area contributed by atoms with Crippen molar-refractivity contribution in [3.05, 3.63) is 69.6 Å². The van der Waals surface area contributed by atoms with Crippen LogP contribution in [0, 0.1) is 13.8 Å². The van der Waals surface area contributed by atoms with Crippen molar-refractivity contribution >= 4 is 34.8 Å². The number of imide groups is 1. The molecule has 0 radical (unpaired) electrons. The lowest BCUT2D eigenvalue weighted by molar-refractivity contribution is -0.119. The number of hydrogen-bond acceptors (Lipinski definition) is 3. The number of rotatable bonds is 7. The molecule has 3 rings (SSSR count). The van der Waals surface area contributed by atoms with Crippen molar-refractivity contribution in [1.29, 1.82) is 0 Å². The molecule has 0 aliphatic carbocycles. The predicted molar refractivity (Wildman–Crippen MR) is 123 cm³/mol. The Balaban J connectivity index is 2.01. The van der Waals surface area contributed by atoms with E-state index in [-0.39, 0.29) is 17.1 Å². The standard InChI is InChI=1S/C25H29NO2S/c1-6-7-8-19-10-12-20(13-11-19)26-24(27)22(23(25(26)28)29-16(2)3)21-14-9-17(4)15-18(21)5/h9-16H,6-8H2,1-5H3. The number of nitrogens with zero attached hydrogens (tertiary/aromatic N) is 1. The first kappa shape index (κ1) is 21.4. The molecule has 1 heterocycles. The third kappa shape index (κ3) is 4.48. The van der Waals surface area contributed by atoms with Crippen molar-refractivity contribution in [3.63, 3.8) is 0 Å². The fourth-order valence-electron chi connectivity index (χ4n) is 3.61. The third-order valence-corrected chi connectivity index (χ3v) is 6.15. The fourth-order valence-corrected chi connectivity index (χ4v) is 4.59. The van der Waals surface area contributed by atoms with E-state index in [0.717, 1.165) is 36.0 Å². The molecule has 152 valence electrons. The number of carbonyl (C=O) groups is 2. The first-order chi connectivity index (χ1) is 13.8. The van der Waals surface area contributed by atoms with Crippen LogP contribution in [0.4, 0.5) is 5.69 Å². The van der Waals surface area contributed by atoms with Gasteiger partial charge in [0.2, 0.25) is 0 Å². The van der Waals surface area contributed by atoms with Gasteiger partial charge in [0.1, 0.15) is 0 Å². The second-order valence-electron chi connectivity index (χ2n) is 7.90. The molecule has 29 heavy (non-hydrogen) atoms. The van der Waals surface area contributed by atoms with Crippen LogP contribution in [0.15, 0.2) is 47.4 Å². The summed E-state index contributed by atoms with van der Waals surface area (Å²) < 4.78 is 0. The highest BCUT2D eigenvalue weighted by Crippen LogP contribution is 2.40. The zero-order valence-corrected chi connectivity index (χ0v) is 18.7. The van der Waals surface area contributed by atoms with E-state index in [0.29, 0.717) is 16.2 Å². The van der Waals surface area contributed by atoms with Gasteiger partial charge in [0.15, 0.2) is 0 Å². The summed E-state index contributed by atoms with van der Waals surface area (Å²) in [5.41, 5.74) is 5.40. The number of hydrogen-bond donors (Lipinski definition) is 0. The molecule has 0 saturated carbocycles. The lowest BCUT2D eigenvalue weighted by atomic mass is 9.98. The normalized spacial score (nSPS) is 14.5. The van der Waals surface area contributed by atoms with Gasteiger partial charge in [0, 0.05) is 5.25 Å². The number of aryl methyl sites for hydroxylation is 3. The van der Waals surface area contributed by atoms with E-state index in [2.05, 4.69) is 13.0 Å². The largest absolute Gasteiger partial charge is 0.272 e. The monoisotopic (exact) mass is 407 g/mol. The maximum absolute atomic E-state index is 13.4. The second-order valence-corrected chi connectivity index (χ2v) is 9.49. The topological polar surface area (TPSA) is 37.4 Å². The van der Waals surface area contributed by atoms with Gasteiger partial charge in [-0.2, -0.15) is 0 Å². The Kier molecular flexibility index (Phi) is 6.63. The summed E-state index contributed by atoms with van der Waals surface area (Å²) in [4.78, 5) is 28.6. The zero-order chi connectivity index (χ0) is 21.1. The van der Waals surface area contributed by atoms with Crippen LogP contribution in [0.5, 0.6) is 0 Å². The minimum absolute atomic E-state index is 0.207. The predicted octanol–water partition coefficient (Wildman–Crippen LogP) is 6.07. The molecule has 2 aromatic carbocycles. The molecule has 0 spiro atoms. The van der Waals surface area contributed by atoms with Crippen LogP contribution in [0.25, 0.3) is 5.57 Å². The Morgan fingerprint density at radius 3 is 2.24 bits per heavy atom. The summed E-state index contributed by atoms with van der Waals surface area (Å²) in [5.74, 6) is -0.448. The molecule has 0 aromatic heterocycles. The molecule has 3 nitrogen and oxygen atoms in total. The van der Waals surface area contributed by atoms with Gasteiger partial charge in [-0.25, -0.2) is 4.90 Å².